The summed E-state index contributed by atoms with van der Waals surface area (Å²) in [5.41, 5.74) is 5.62. The quantitative estimate of drug-likeness (QED) is 0.696. The van der Waals surface area contributed by atoms with Crippen LogP contribution in [0.2, 0.25) is 0 Å². The van der Waals surface area contributed by atoms with E-state index >= 15 is 0 Å². The number of hydrogen-bond acceptors (Lipinski definition) is 2. The molecule has 2 rings (SSSR count). The van der Waals surface area contributed by atoms with Crippen LogP contribution < -0.4 is 11.1 Å². The molecule has 0 aliphatic heterocycles. The average Bonchev–Trinajstić information content (AvgIpc) is 2.90. The molecule has 3 N–H and O–H groups in total. The van der Waals surface area contributed by atoms with Crippen molar-refractivity contribution in [3.63, 3.8) is 0 Å². The second kappa shape index (κ2) is 4.47. The lowest BCUT2D eigenvalue weighted by Gasteiger charge is -2.25. The third kappa shape index (κ3) is 2.91. The first-order valence-corrected chi connectivity index (χ1v) is 6.16. The summed E-state index contributed by atoms with van der Waals surface area (Å²) in [6.07, 6.45) is 6.63. The molecule has 0 bridgehead atoms. The molecular weight excluding hydrogens is 208 g/mol. The Morgan fingerprint density at radius 2 is 2.07 bits per heavy atom. The third-order valence-corrected chi connectivity index (χ3v) is 3.67. The predicted octanol–water partition coefficient (Wildman–Crippen LogP) is 1.36. The standard InChI is InChI=1S/C11H18N2OS/c12-11(15)10(8-4-5-8)13-9(14)6-7-2-1-3-7/h7-8,10H,1-6H2,(H2,12,15)(H,13,14). The summed E-state index contributed by atoms with van der Waals surface area (Å²) in [7, 11) is 0. The zero-order valence-electron chi connectivity index (χ0n) is 8.87. The van der Waals surface area contributed by atoms with Gasteiger partial charge in [0.2, 0.25) is 5.91 Å². The van der Waals surface area contributed by atoms with Gasteiger partial charge in [0, 0.05) is 6.42 Å². The van der Waals surface area contributed by atoms with E-state index in [2.05, 4.69) is 5.32 Å². The van der Waals surface area contributed by atoms with E-state index in [0.717, 1.165) is 12.8 Å². The number of carbonyl (C=O) groups excluding carboxylic acids is 1. The highest BCUT2D eigenvalue weighted by molar-refractivity contribution is 7.80. The Morgan fingerprint density at radius 1 is 1.40 bits per heavy atom. The molecule has 84 valence electrons. The minimum Gasteiger partial charge on any atom is -0.392 e. The van der Waals surface area contributed by atoms with Gasteiger partial charge in [0.25, 0.3) is 0 Å². The number of rotatable bonds is 5. The number of carbonyl (C=O) groups is 1. The van der Waals surface area contributed by atoms with E-state index in [0.29, 0.717) is 23.2 Å². The smallest absolute Gasteiger partial charge is 0.220 e. The van der Waals surface area contributed by atoms with Crippen LogP contribution >= 0.6 is 12.2 Å². The molecule has 0 aromatic carbocycles. The fraction of sp³-hybridized carbons (Fsp3) is 0.818. The van der Waals surface area contributed by atoms with Crippen molar-refractivity contribution in [2.45, 2.75) is 44.6 Å². The van der Waals surface area contributed by atoms with Gasteiger partial charge in [-0.3, -0.25) is 4.79 Å². The number of hydrogen-bond donors (Lipinski definition) is 2. The Labute approximate surface area is 95.8 Å². The Morgan fingerprint density at radius 3 is 2.47 bits per heavy atom. The Bertz CT molecular complexity index is 272. The van der Waals surface area contributed by atoms with Crippen molar-refractivity contribution >= 4 is 23.1 Å². The van der Waals surface area contributed by atoms with E-state index in [1.165, 1.54) is 19.3 Å². The van der Waals surface area contributed by atoms with Crippen LogP contribution in [0.25, 0.3) is 0 Å². The summed E-state index contributed by atoms with van der Waals surface area (Å²) in [5, 5.41) is 2.97. The van der Waals surface area contributed by atoms with Crippen molar-refractivity contribution in [2.75, 3.05) is 0 Å². The van der Waals surface area contributed by atoms with Gasteiger partial charge in [-0.1, -0.05) is 18.6 Å². The van der Waals surface area contributed by atoms with Crippen molar-refractivity contribution < 1.29 is 4.79 Å². The van der Waals surface area contributed by atoms with Crippen molar-refractivity contribution in [1.82, 2.24) is 5.32 Å². The van der Waals surface area contributed by atoms with Crippen molar-refractivity contribution in [1.29, 1.82) is 0 Å². The summed E-state index contributed by atoms with van der Waals surface area (Å²) in [6, 6.07) is -0.0485. The normalized spacial score (nSPS) is 22.9. The Balaban J connectivity index is 1.77. The van der Waals surface area contributed by atoms with Gasteiger partial charge >= 0.3 is 0 Å². The van der Waals surface area contributed by atoms with Crippen molar-refractivity contribution in [3.05, 3.63) is 0 Å². The van der Waals surface area contributed by atoms with Crippen LogP contribution in [-0.4, -0.2) is 16.9 Å². The van der Waals surface area contributed by atoms with Crippen LogP contribution in [0.4, 0.5) is 0 Å². The molecule has 0 aromatic heterocycles. The molecule has 2 fully saturated rings. The fourth-order valence-corrected chi connectivity index (χ4v) is 2.29. The van der Waals surface area contributed by atoms with Gasteiger partial charge in [-0.2, -0.15) is 0 Å². The van der Waals surface area contributed by atoms with Gasteiger partial charge in [-0.25, -0.2) is 0 Å². The van der Waals surface area contributed by atoms with Gasteiger partial charge in [0.1, 0.15) is 0 Å². The largest absolute Gasteiger partial charge is 0.392 e. The molecule has 2 aliphatic carbocycles. The highest BCUT2D eigenvalue weighted by Crippen LogP contribution is 2.33. The highest BCUT2D eigenvalue weighted by Gasteiger charge is 2.34. The minimum atomic E-state index is -0.0485. The maximum Gasteiger partial charge on any atom is 0.220 e. The van der Waals surface area contributed by atoms with Crippen LogP contribution in [0.15, 0.2) is 0 Å². The summed E-state index contributed by atoms with van der Waals surface area (Å²) < 4.78 is 0. The van der Waals surface area contributed by atoms with Crippen LogP contribution in [-0.2, 0) is 4.79 Å². The molecule has 15 heavy (non-hydrogen) atoms. The lowest BCUT2D eigenvalue weighted by atomic mass is 9.83. The predicted molar refractivity (Wildman–Crippen MR) is 63.4 cm³/mol. The molecule has 0 saturated heterocycles. The SMILES string of the molecule is NC(=S)C(NC(=O)CC1CCC1)C1CC1. The maximum absolute atomic E-state index is 11.7. The maximum atomic E-state index is 11.7. The molecule has 2 saturated carbocycles. The number of amides is 1. The van der Waals surface area contributed by atoms with E-state index in [4.69, 9.17) is 18.0 Å². The molecule has 4 heteroatoms. The van der Waals surface area contributed by atoms with Crippen molar-refractivity contribution in [2.24, 2.45) is 17.6 Å². The summed E-state index contributed by atoms with van der Waals surface area (Å²) in [4.78, 5) is 12.1. The average molecular weight is 226 g/mol. The van der Waals surface area contributed by atoms with Gasteiger partial charge in [0.15, 0.2) is 0 Å². The molecule has 0 spiro atoms. The minimum absolute atomic E-state index is 0.0485. The third-order valence-electron chi connectivity index (χ3n) is 3.42. The van der Waals surface area contributed by atoms with E-state index in [1.54, 1.807) is 0 Å². The zero-order valence-corrected chi connectivity index (χ0v) is 9.69. The van der Waals surface area contributed by atoms with E-state index in [9.17, 15) is 4.79 Å². The number of thiocarbonyl (C=S) groups is 1. The molecule has 3 nitrogen and oxygen atoms in total. The molecule has 0 aromatic rings. The van der Waals surface area contributed by atoms with E-state index < -0.39 is 0 Å². The summed E-state index contributed by atoms with van der Waals surface area (Å²) in [5.74, 6) is 1.24. The molecule has 0 radical (unpaired) electrons. The van der Waals surface area contributed by atoms with Crippen molar-refractivity contribution in [3.8, 4) is 0 Å². The first-order chi connectivity index (χ1) is 7.16. The first kappa shape index (κ1) is 10.9. The highest BCUT2D eigenvalue weighted by atomic mass is 32.1. The summed E-state index contributed by atoms with van der Waals surface area (Å²) in [6.45, 7) is 0. The van der Waals surface area contributed by atoms with Crippen LogP contribution in [0.5, 0.6) is 0 Å². The van der Waals surface area contributed by atoms with Crippen LogP contribution in [0.3, 0.4) is 0 Å². The Kier molecular flexibility index (Phi) is 3.24. The lowest BCUT2D eigenvalue weighted by molar-refractivity contribution is -0.123. The second-order valence-corrected chi connectivity index (χ2v) is 5.26. The fourth-order valence-electron chi connectivity index (χ4n) is 2.04. The zero-order chi connectivity index (χ0) is 10.8. The van der Waals surface area contributed by atoms with E-state index in [-0.39, 0.29) is 11.9 Å². The molecule has 0 heterocycles. The van der Waals surface area contributed by atoms with Crippen LogP contribution in [0, 0.1) is 11.8 Å². The Hall–Kier alpha value is -0.640. The summed E-state index contributed by atoms with van der Waals surface area (Å²) >= 11 is 4.97. The topological polar surface area (TPSA) is 55.1 Å². The molecular formula is C11H18N2OS. The number of nitrogens with one attached hydrogen (secondary N) is 1. The van der Waals surface area contributed by atoms with Crippen LogP contribution in [0.1, 0.15) is 38.5 Å². The monoisotopic (exact) mass is 226 g/mol. The second-order valence-electron chi connectivity index (χ2n) is 4.79. The molecule has 1 unspecified atom stereocenters. The molecule has 2 aliphatic rings. The lowest BCUT2D eigenvalue weighted by Crippen LogP contribution is -2.45. The van der Waals surface area contributed by atoms with Gasteiger partial charge < -0.3 is 11.1 Å². The molecule has 1 amide bonds. The number of nitrogens with two attached hydrogens (primary N) is 1. The van der Waals surface area contributed by atoms with E-state index in [1.807, 2.05) is 0 Å². The van der Waals surface area contributed by atoms with Gasteiger partial charge in [0.05, 0.1) is 11.0 Å². The molecule has 1 atom stereocenters. The van der Waals surface area contributed by atoms with Gasteiger partial charge in [-0.05, 0) is 37.5 Å². The first-order valence-electron chi connectivity index (χ1n) is 5.75. The van der Waals surface area contributed by atoms with Gasteiger partial charge in [-0.15, -0.1) is 0 Å².